The van der Waals surface area contributed by atoms with Crippen molar-refractivity contribution in [3.63, 3.8) is 0 Å². The Balaban J connectivity index is 1.65. The zero-order valence-electron chi connectivity index (χ0n) is 12.7. The minimum absolute atomic E-state index is 0.570. The zero-order valence-corrected chi connectivity index (χ0v) is 12.7. The molecule has 1 N–H and O–H groups in total. The van der Waals surface area contributed by atoms with Crippen LogP contribution in [0.4, 0.5) is 5.69 Å². The van der Waals surface area contributed by atoms with E-state index in [1.165, 1.54) is 37.1 Å². The van der Waals surface area contributed by atoms with Crippen molar-refractivity contribution in [2.45, 2.75) is 51.6 Å². The van der Waals surface area contributed by atoms with Crippen LogP contribution >= 0.6 is 0 Å². The highest BCUT2D eigenvalue weighted by atomic mass is 16.5. The standard InChI is InChI=1S/C17H26N2O/c1-13(2)19-11-4-3-7-15(19)12-20-16-8-5-6-14-9-10-18-17(14)16/h5-6,8,13,15,18H,3-4,7,9-12H2,1-2H3. The van der Waals surface area contributed by atoms with Crippen LogP contribution in [-0.4, -0.2) is 36.7 Å². The molecule has 2 aliphatic rings. The minimum atomic E-state index is 0.570. The molecule has 2 heterocycles. The van der Waals surface area contributed by atoms with Crippen molar-refractivity contribution in [1.29, 1.82) is 0 Å². The first kappa shape index (κ1) is 13.7. The van der Waals surface area contributed by atoms with Crippen LogP contribution in [-0.2, 0) is 6.42 Å². The van der Waals surface area contributed by atoms with E-state index < -0.39 is 0 Å². The van der Waals surface area contributed by atoms with Crippen LogP contribution in [0.3, 0.4) is 0 Å². The highest BCUT2D eigenvalue weighted by Crippen LogP contribution is 2.33. The Kier molecular flexibility index (Phi) is 4.16. The Morgan fingerprint density at radius 2 is 2.25 bits per heavy atom. The molecule has 1 unspecified atom stereocenters. The number of hydrogen-bond donors (Lipinski definition) is 1. The average Bonchev–Trinajstić information content (AvgIpc) is 2.94. The fourth-order valence-corrected chi connectivity index (χ4v) is 3.50. The van der Waals surface area contributed by atoms with E-state index in [4.69, 9.17) is 4.74 Å². The van der Waals surface area contributed by atoms with Gasteiger partial charge in [-0.2, -0.15) is 0 Å². The van der Waals surface area contributed by atoms with E-state index in [1.54, 1.807) is 0 Å². The molecule has 1 aromatic rings. The van der Waals surface area contributed by atoms with Crippen molar-refractivity contribution >= 4 is 5.69 Å². The maximum absolute atomic E-state index is 6.16. The van der Waals surface area contributed by atoms with Gasteiger partial charge < -0.3 is 10.1 Å². The van der Waals surface area contributed by atoms with E-state index in [0.717, 1.165) is 25.3 Å². The summed E-state index contributed by atoms with van der Waals surface area (Å²) in [6.45, 7) is 7.66. The van der Waals surface area contributed by atoms with Crippen LogP contribution in [0.25, 0.3) is 0 Å². The van der Waals surface area contributed by atoms with Gasteiger partial charge >= 0.3 is 0 Å². The third-order valence-corrected chi connectivity index (χ3v) is 4.58. The van der Waals surface area contributed by atoms with Crippen molar-refractivity contribution in [1.82, 2.24) is 4.90 Å². The molecule has 1 aromatic carbocycles. The number of nitrogens with one attached hydrogen (secondary N) is 1. The lowest BCUT2D eigenvalue weighted by Crippen LogP contribution is -2.46. The number of rotatable bonds is 4. The van der Waals surface area contributed by atoms with E-state index in [9.17, 15) is 0 Å². The van der Waals surface area contributed by atoms with Gasteiger partial charge in [0.15, 0.2) is 0 Å². The van der Waals surface area contributed by atoms with Crippen LogP contribution in [0.1, 0.15) is 38.7 Å². The van der Waals surface area contributed by atoms with Crippen LogP contribution < -0.4 is 10.1 Å². The lowest BCUT2D eigenvalue weighted by molar-refractivity contribution is 0.0735. The molecule has 0 amide bonds. The molecule has 0 aliphatic carbocycles. The lowest BCUT2D eigenvalue weighted by atomic mass is 10.0. The third kappa shape index (κ3) is 2.78. The summed E-state index contributed by atoms with van der Waals surface area (Å²) in [4.78, 5) is 2.60. The largest absolute Gasteiger partial charge is 0.490 e. The zero-order chi connectivity index (χ0) is 13.9. The van der Waals surface area contributed by atoms with E-state index in [-0.39, 0.29) is 0 Å². The van der Waals surface area contributed by atoms with Crippen LogP contribution in [0.15, 0.2) is 18.2 Å². The molecule has 2 aliphatic heterocycles. The van der Waals surface area contributed by atoms with Crippen molar-refractivity contribution in [2.75, 3.05) is 25.0 Å². The molecule has 0 radical (unpaired) electrons. The van der Waals surface area contributed by atoms with Gasteiger partial charge in [0.25, 0.3) is 0 Å². The Bertz CT molecular complexity index is 458. The number of anilines is 1. The first-order chi connectivity index (χ1) is 9.75. The molecule has 0 spiro atoms. The molecule has 1 atom stereocenters. The molecule has 20 heavy (non-hydrogen) atoms. The third-order valence-electron chi connectivity index (χ3n) is 4.58. The number of hydrogen-bond acceptors (Lipinski definition) is 3. The number of fused-ring (bicyclic) bond motifs is 1. The van der Waals surface area contributed by atoms with E-state index in [2.05, 4.69) is 42.3 Å². The second-order valence-electron chi connectivity index (χ2n) is 6.26. The number of benzene rings is 1. The lowest BCUT2D eigenvalue weighted by Gasteiger charge is -2.38. The first-order valence-corrected chi connectivity index (χ1v) is 8.00. The van der Waals surface area contributed by atoms with Gasteiger partial charge in [-0.05, 0) is 51.3 Å². The predicted octanol–water partition coefficient (Wildman–Crippen LogP) is 3.30. The Morgan fingerprint density at radius 1 is 1.35 bits per heavy atom. The number of para-hydroxylation sites is 1. The van der Waals surface area contributed by atoms with Crippen molar-refractivity contribution in [3.8, 4) is 5.75 Å². The molecule has 110 valence electrons. The number of nitrogens with zero attached hydrogens (tertiary/aromatic N) is 1. The van der Waals surface area contributed by atoms with Gasteiger partial charge in [0.05, 0.1) is 5.69 Å². The highest BCUT2D eigenvalue weighted by Gasteiger charge is 2.25. The van der Waals surface area contributed by atoms with Crippen LogP contribution in [0.5, 0.6) is 5.75 Å². The summed E-state index contributed by atoms with van der Waals surface area (Å²) in [5.74, 6) is 1.04. The van der Waals surface area contributed by atoms with Gasteiger partial charge in [-0.1, -0.05) is 18.6 Å². The molecule has 3 rings (SSSR count). The Labute approximate surface area is 122 Å². The molecule has 1 fully saturated rings. The summed E-state index contributed by atoms with van der Waals surface area (Å²) in [5.41, 5.74) is 2.62. The number of likely N-dealkylation sites (tertiary alicyclic amines) is 1. The minimum Gasteiger partial charge on any atom is -0.490 e. The number of ether oxygens (including phenoxy) is 1. The van der Waals surface area contributed by atoms with Crippen LogP contribution in [0, 0.1) is 0 Å². The quantitative estimate of drug-likeness (QED) is 0.911. The molecule has 0 saturated carbocycles. The summed E-state index contributed by atoms with van der Waals surface area (Å²) < 4.78 is 6.16. The Morgan fingerprint density at radius 3 is 3.10 bits per heavy atom. The second-order valence-corrected chi connectivity index (χ2v) is 6.26. The van der Waals surface area contributed by atoms with Crippen LogP contribution in [0.2, 0.25) is 0 Å². The summed E-state index contributed by atoms with van der Waals surface area (Å²) in [6.07, 6.45) is 5.05. The van der Waals surface area contributed by atoms with Crippen molar-refractivity contribution in [2.24, 2.45) is 0 Å². The van der Waals surface area contributed by atoms with E-state index >= 15 is 0 Å². The average molecular weight is 274 g/mol. The first-order valence-electron chi connectivity index (χ1n) is 8.00. The molecule has 0 bridgehead atoms. The smallest absolute Gasteiger partial charge is 0.142 e. The molecule has 0 aromatic heterocycles. The van der Waals surface area contributed by atoms with E-state index in [1.807, 2.05) is 0 Å². The van der Waals surface area contributed by atoms with Gasteiger partial charge in [0, 0.05) is 18.6 Å². The van der Waals surface area contributed by atoms with Gasteiger partial charge in [0.1, 0.15) is 12.4 Å². The summed E-state index contributed by atoms with van der Waals surface area (Å²) in [5, 5.41) is 3.45. The van der Waals surface area contributed by atoms with Crippen molar-refractivity contribution in [3.05, 3.63) is 23.8 Å². The second kappa shape index (κ2) is 6.04. The Hall–Kier alpha value is -1.22. The van der Waals surface area contributed by atoms with Gasteiger partial charge in [-0.25, -0.2) is 0 Å². The van der Waals surface area contributed by atoms with Gasteiger partial charge in [0.2, 0.25) is 0 Å². The molecule has 3 nitrogen and oxygen atoms in total. The monoisotopic (exact) mass is 274 g/mol. The number of piperidine rings is 1. The fraction of sp³-hybridized carbons (Fsp3) is 0.647. The normalized spacial score (nSPS) is 22.6. The highest BCUT2D eigenvalue weighted by molar-refractivity contribution is 5.65. The summed E-state index contributed by atoms with van der Waals surface area (Å²) >= 11 is 0. The molecule has 1 saturated heterocycles. The summed E-state index contributed by atoms with van der Waals surface area (Å²) in [6, 6.07) is 7.59. The topological polar surface area (TPSA) is 24.5 Å². The molecular weight excluding hydrogens is 248 g/mol. The predicted molar refractivity (Wildman–Crippen MR) is 83.6 cm³/mol. The maximum Gasteiger partial charge on any atom is 0.142 e. The van der Waals surface area contributed by atoms with E-state index in [0.29, 0.717) is 12.1 Å². The SMILES string of the molecule is CC(C)N1CCCCC1COc1cccc2c1NCC2. The van der Waals surface area contributed by atoms with Crippen molar-refractivity contribution < 1.29 is 4.74 Å². The van der Waals surface area contributed by atoms with Gasteiger partial charge in [-0.3, -0.25) is 4.90 Å². The summed E-state index contributed by atoms with van der Waals surface area (Å²) in [7, 11) is 0. The van der Waals surface area contributed by atoms with Gasteiger partial charge in [-0.15, -0.1) is 0 Å². The fourth-order valence-electron chi connectivity index (χ4n) is 3.50. The molecule has 3 heteroatoms. The molecular formula is C17H26N2O. The maximum atomic E-state index is 6.16.